The van der Waals surface area contributed by atoms with E-state index >= 15 is 0 Å². The minimum Gasteiger partial charge on any atom is -0.324 e. The van der Waals surface area contributed by atoms with Crippen molar-refractivity contribution < 1.29 is 4.79 Å². The molecular weight excluding hydrogens is 244 g/mol. The number of benzene rings is 1. The summed E-state index contributed by atoms with van der Waals surface area (Å²) in [7, 11) is 0. The van der Waals surface area contributed by atoms with E-state index < -0.39 is 0 Å². The van der Waals surface area contributed by atoms with E-state index in [1.54, 1.807) is 12.1 Å². The molecule has 98 valence electrons. The van der Waals surface area contributed by atoms with Gasteiger partial charge >= 0.3 is 0 Å². The van der Waals surface area contributed by atoms with Gasteiger partial charge in [0, 0.05) is 17.8 Å². The number of carbonyl (C=O) groups is 1. The molecule has 0 aliphatic heterocycles. The highest BCUT2D eigenvalue weighted by atomic mass is 16.2. The van der Waals surface area contributed by atoms with Crippen molar-refractivity contribution in [2.45, 2.75) is 13.0 Å². The Kier molecular flexibility index (Phi) is 3.72. The van der Waals surface area contributed by atoms with Crippen LogP contribution in [0, 0.1) is 0 Å². The lowest BCUT2D eigenvalue weighted by molar-refractivity contribution is 0.102. The van der Waals surface area contributed by atoms with Crippen LogP contribution >= 0.6 is 0 Å². The van der Waals surface area contributed by atoms with Crippen molar-refractivity contribution >= 4 is 11.6 Å². The summed E-state index contributed by atoms with van der Waals surface area (Å²) in [4.78, 5) is 22.7. The molecule has 1 aromatic carbocycles. The average Bonchev–Trinajstić information content (AvgIpc) is 2.40. The molecule has 0 aliphatic carbocycles. The van der Waals surface area contributed by atoms with E-state index in [0.717, 1.165) is 5.56 Å². The summed E-state index contributed by atoms with van der Waals surface area (Å²) < 4.78 is 0. The largest absolute Gasteiger partial charge is 0.324 e. The molecule has 2 rings (SSSR count). The zero-order valence-corrected chi connectivity index (χ0v) is 10.4. The van der Waals surface area contributed by atoms with Crippen LogP contribution in [0.3, 0.4) is 0 Å². The predicted octanol–water partition coefficient (Wildman–Crippen LogP) is 1.04. The van der Waals surface area contributed by atoms with E-state index in [1.165, 1.54) is 12.1 Å². The number of aromatic amines is 1. The standard InChI is InChI=1S/C13H14N4O2/c1-8(14)9-2-4-10(5-3-9)15-13(19)11-6-7-12(18)17-16-11/h2-8H,14H2,1H3,(H,15,19)(H,17,18). The molecule has 0 bridgehead atoms. The smallest absolute Gasteiger partial charge is 0.276 e. The fraction of sp³-hybridized carbons (Fsp3) is 0.154. The molecule has 4 N–H and O–H groups in total. The number of amides is 1. The number of rotatable bonds is 3. The molecule has 1 amide bonds. The fourth-order valence-corrected chi connectivity index (χ4v) is 1.54. The van der Waals surface area contributed by atoms with Crippen molar-refractivity contribution in [3.05, 3.63) is 58.0 Å². The molecule has 0 saturated heterocycles. The molecule has 0 radical (unpaired) electrons. The van der Waals surface area contributed by atoms with Crippen molar-refractivity contribution in [3.63, 3.8) is 0 Å². The van der Waals surface area contributed by atoms with Crippen LogP contribution in [-0.4, -0.2) is 16.1 Å². The number of aromatic nitrogens is 2. The van der Waals surface area contributed by atoms with Gasteiger partial charge in [0.2, 0.25) is 0 Å². The first kappa shape index (κ1) is 13.0. The quantitative estimate of drug-likeness (QED) is 0.765. The molecule has 0 spiro atoms. The Morgan fingerprint density at radius 3 is 2.47 bits per heavy atom. The Morgan fingerprint density at radius 2 is 1.95 bits per heavy atom. The summed E-state index contributed by atoms with van der Waals surface area (Å²) in [5.74, 6) is -0.384. The lowest BCUT2D eigenvalue weighted by Crippen LogP contribution is -2.17. The number of nitrogens with one attached hydrogen (secondary N) is 2. The fourth-order valence-electron chi connectivity index (χ4n) is 1.54. The molecule has 1 unspecified atom stereocenters. The molecular formula is C13H14N4O2. The minimum atomic E-state index is -0.384. The first-order valence-electron chi connectivity index (χ1n) is 5.79. The number of hydrogen-bond donors (Lipinski definition) is 3. The Balaban J connectivity index is 2.10. The van der Waals surface area contributed by atoms with Gasteiger partial charge in [-0.3, -0.25) is 9.59 Å². The Bertz CT molecular complexity index is 611. The summed E-state index contributed by atoms with van der Waals surface area (Å²) >= 11 is 0. The monoisotopic (exact) mass is 258 g/mol. The van der Waals surface area contributed by atoms with Gasteiger partial charge in [0.05, 0.1) is 0 Å². The summed E-state index contributed by atoms with van der Waals surface area (Å²) in [6, 6.07) is 9.79. The Labute approximate surface area is 109 Å². The van der Waals surface area contributed by atoms with Gasteiger partial charge in [-0.25, -0.2) is 5.10 Å². The summed E-state index contributed by atoms with van der Waals surface area (Å²) in [6.45, 7) is 1.89. The van der Waals surface area contributed by atoms with Gasteiger partial charge in [0.25, 0.3) is 11.5 Å². The third-order valence-electron chi connectivity index (χ3n) is 2.61. The number of H-pyrrole nitrogens is 1. The molecule has 6 nitrogen and oxygen atoms in total. The van der Waals surface area contributed by atoms with Gasteiger partial charge < -0.3 is 11.1 Å². The van der Waals surface area contributed by atoms with Gasteiger partial charge in [0.1, 0.15) is 5.69 Å². The number of anilines is 1. The Hall–Kier alpha value is -2.47. The normalized spacial score (nSPS) is 11.9. The second-order valence-electron chi connectivity index (χ2n) is 4.17. The third kappa shape index (κ3) is 3.26. The number of nitrogens with zero attached hydrogens (tertiary/aromatic N) is 1. The average molecular weight is 258 g/mol. The van der Waals surface area contributed by atoms with Gasteiger partial charge in [-0.2, -0.15) is 5.10 Å². The van der Waals surface area contributed by atoms with E-state index in [4.69, 9.17) is 5.73 Å². The van der Waals surface area contributed by atoms with Crippen LogP contribution in [-0.2, 0) is 0 Å². The summed E-state index contributed by atoms with van der Waals surface area (Å²) in [5, 5.41) is 8.54. The van der Waals surface area contributed by atoms with E-state index in [-0.39, 0.29) is 23.2 Å². The molecule has 0 fully saturated rings. The highest BCUT2D eigenvalue weighted by Crippen LogP contribution is 2.14. The van der Waals surface area contributed by atoms with E-state index in [9.17, 15) is 9.59 Å². The van der Waals surface area contributed by atoms with Crippen LogP contribution in [0.4, 0.5) is 5.69 Å². The van der Waals surface area contributed by atoms with Gasteiger partial charge in [0.15, 0.2) is 0 Å². The summed E-state index contributed by atoms with van der Waals surface area (Å²) in [6.07, 6.45) is 0. The van der Waals surface area contributed by atoms with Crippen molar-refractivity contribution in [2.24, 2.45) is 5.73 Å². The maximum atomic E-state index is 11.8. The Morgan fingerprint density at radius 1 is 1.26 bits per heavy atom. The number of carbonyl (C=O) groups excluding carboxylic acids is 1. The van der Waals surface area contributed by atoms with E-state index in [2.05, 4.69) is 15.5 Å². The SMILES string of the molecule is CC(N)c1ccc(NC(=O)c2ccc(=O)[nH]n2)cc1. The first-order valence-corrected chi connectivity index (χ1v) is 5.79. The maximum absolute atomic E-state index is 11.8. The second kappa shape index (κ2) is 5.45. The highest BCUT2D eigenvalue weighted by molar-refractivity contribution is 6.02. The van der Waals surface area contributed by atoms with Crippen LogP contribution in [0.25, 0.3) is 0 Å². The molecule has 2 aromatic rings. The van der Waals surface area contributed by atoms with Crippen molar-refractivity contribution in [1.82, 2.24) is 10.2 Å². The zero-order chi connectivity index (χ0) is 13.8. The van der Waals surface area contributed by atoms with E-state index in [1.807, 2.05) is 19.1 Å². The van der Waals surface area contributed by atoms with Gasteiger partial charge in [-0.1, -0.05) is 12.1 Å². The lowest BCUT2D eigenvalue weighted by Gasteiger charge is -2.08. The molecule has 1 aromatic heterocycles. The predicted molar refractivity (Wildman–Crippen MR) is 71.9 cm³/mol. The van der Waals surface area contributed by atoms with E-state index in [0.29, 0.717) is 5.69 Å². The number of nitrogens with two attached hydrogens (primary N) is 1. The van der Waals surface area contributed by atoms with Crippen molar-refractivity contribution in [2.75, 3.05) is 5.32 Å². The molecule has 0 saturated carbocycles. The zero-order valence-electron chi connectivity index (χ0n) is 10.4. The van der Waals surface area contributed by atoms with Gasteiger partial charge in [-0.05, 0) is 30.7 Å². The lowest BCUT2D eigenvalue weighted by atomic mass is 10.1. The van der Waals surface area contributed by atoms with Crippen LogP contribution in [0.2, 0.25) is 0 Å². The molecule has 19 heavy (non-hydrogen) atoms. The molecule has 1 atom stereocenters. The second-order valence-corrected chi connectivity index (χ2v) is 4.17. The third-order valence-corrected chi connectivity index (χ3v) is 2.61. The molecule has 6 heteroatoms. The van der Waals surface area contributed by atoms with Gasteiger partial charge in [-0.15, -0.1) is 0 Å². The van der Waals surface area contributed by atoms with Crippen molar-refractivity contribution in [3.8, 4) is 0 Å². The molecule has 1 heterocycles. The minimum absolute atomic E-state index is 0.0504. The van der Waals surface area contributed by atoms with Crippen LogP contribution in [0.1, 0.15) is 29.0 Å². The topological polar surface area (TPSA) is 101 Å². The highest BCUT2D eigenvalue weighted by Gasteiger charge is 2.08. The maximum Gasteiger partial charge on any atom is 0.276 e. The molecule has 0 aliphatic rings. The summed E-state index contributed by atoms with van der Waals surface area (Å²) in [5.41, 5.74) is 7.17. The van der Waals surface area contributed by atoms with Crippen molar-refractivity contribution in [1.29, 1.82) is 0 Å². The number of hydrogen-bond acceptors (Lipinski definition) is 4. The van der Waals surface area contributed by atoms with Crippen LogP contribution in [0.15, 0.2) is 41.2 Å². The van der Waals surface area contributed by atoms with Crippen LogP contribution < -0.4 is 16.6 Å². The van der Waals surface area contributed by atoms with Crippen LogP contribution in [0.5, 0.6) is 0 Å². The first-order chi connectivity index (χ1) is 9.06.